The number of Topliss-reactive ketones (excluding diaryl/α,β-unsaturated/α-hetero) is 1. The highest BCUT2D eigenvalue weighted by atomic mass is 16.5. The lowest BCUT2D eigenvalue weighted by molar-refractivity contribution is -0.140. The number of ether oxygens (including phenoxy) is 2. The molecule has 176 valence electrons. The van der Waals surface area contributed by atoms with Crippen LogP contribution in [0.15, 0.2) is 54.1 Å². The Morgan fingerprint density at radius 1 is 0.970 bits per heavy atom. The summed E-state index contributed by atoms with van der Waals surface area (Å²) in [6, 6.07) is 13.5. The molecular formula is C26H32N2O5. The van der Waals surface area contributed by atoms with Crippen molar-refractivity contribution < 1.29 is 24.2 Å². The molecule has 2 aromatic carbocycles. The molecule has 0 bridgehead atoms. The second-order valence-corrected chi connectivity index (χ2v) is 8.17. The van der Waals surface area contributed by atoms with Crippen molar-refractivity contribution in [3.05, 3.63) is 65.2 Å². The van der Waals surface area contributed by atoms with E-state index in [1.807, 2.05) is 57.1 Å². The summed E-state index contributed by atoms with van der Waals surface area (Å²) in [6.45, 7) is 6.01. The van der Waals surface area contributed by atoms with E-state index in [1.54, 1.807) is 24.3 Å². The quantitative estimate of drug-likeness (QED) is 0.335. The summed E-state index contributed by atoms with van der Waals surface area (Å²) in [7, 11) is 3.81. The van der Waals surface area contributed by atoms with Crippen LogP contribution in [-0.4, -0.2) is 67.0 Å². The van der Waals surface area contributed by atoms with E-state index < -0.39 is 17.7 Å². The summed E-state index contributed by atoms with van der Waals surface area (Å²) in [5.41, 5.74) is 1.28. The molecule has 7 heteroatoms. The summed E-state index contributed by atoms with van der Waals surface area (Å²) < 4.78 is 11.1. The standard InChI is InChI=1S/C26H32N2O5/c1-5-17-33-21-13-9-19(10-14-21)24(29)22-23(18-7-11-20(12-8-18)32-6-2)28(16-15-27(3)4)26(31)25(22)30/h7-14,23,29H,5-6,15-17H2,1-4H3/t23-/m0/s1. The zero-order chi connectivity index (χ0) is 24.0. The van der Waals surface area contributed by atoms with Crippen LogP contribution in [0.25, 0.3) is 5.76 Å². The molecule has 1 N–H and O–H groups in total. The molecule has 0 aromatic heterocycles. The van der Waals surface area contributed by atoms with Crippen molar-refractivity contribution in [2.45, 2.75) is 26.3 Å². The van der Waals surface area contributed by atoms with Crippen LogP contribution >= 0.6 is 0 Å². The zero-order valence-corrected chi connectivity index (χ0v) is 19.7. The number of hydrogen-bond donors (Lipinski definition) is 1. The van der Waals surface area contributed by atoms with Gasteiger partial charge in [-0.25, -0.2) is 0 Å². The van der Waals surface area contributed by atoms with E-state index in [9.17, 15) is 14.7 Å². The van der Waals surface area contributed by atoms with Gasteiger partial charge in [0.2, 0.25) is 0 Å². The Kier molecular flexibility index (Phi) is 8.11. The smallest absolute Gasteiger partial charge is 0.295 e. The van der Waals surface area contributed by atoms with E-state index in [2.05, 4.69) is 0 Å². The van der Waals surface area contributed by atoms with E-state index in [0.717, 1.165) is 12.0 Å². The third kappa shape index (κ3) is 5.54. The van der Waals surface area contributed by atoms with Gasteiger partial charge in [0.25, 0.3) is 11.7 Å². The van der Waals surface area contributed by atoms with Crippen LogP contribution < -0.4 is 9.47 Å². The van der Waals surface area contributed by atoms with Crippen LogP contribution in [0.2, 0.25) is 0 Å². The van der Waals surface area contributed by atoms with Crippen molar-refractivity contribution >= 4 is 17.4 Å². The lowest BCUT2D eigenvalue weighted by atomic mass is 9.95. The van der Waals surface area contributed by atoms with Gasteiger partial charge in [-0.15, -0.1) is 0 Å². The lowest BCUT2D eigenvalue weighted by Crippen LogP contribution is -2.35. The summed E-state index contributed by atoms with van der Waals surface area (Å²) >= 11 is 0. The molecule has 1 aliphatic rings. The highest BCUT2D eigenvalue weighted by Crippen LogP contribution is 2.39. The average Bonchev–Trinajstić information content (AvgIpc) is 3.06. The molecule has 2 aromatic rings. The van der Waals surface area contributed by atoms with E-state index in [0.29, 0.717) is 43.4 Å². The van der Waals surface area contributed by atoms with Crippen molar-refractivity contribution in [2.75, 3.05) is 40.4 Å². The molecule has 1 heterocycles. The number of likely N-dealkylation sites (tertiary alicyclic amines) is 1. The van der Waals surface area contributed by atoms with E-state index in [1.165, 1.54) is 4.90 Å². The number of carbonyl (C=O) groups is 2. The SMILES string of the molecule is CCCOc1ccc(C(O)=C2C(=O)C(=O)N(CCN(C)C)[C@H]2c2ccc(OCC)cc2)cc1. The van der Waals surface area contributed by atoms with Gasteiger partial charge < -0.3 is 24.4 Å². The first-order valence-electron chi connectivity index (χ1n) is 11.3. The first-order valence-corrected chi connectivity index (χ1v) is 11.3. The molecular weight excluding hydrogens is 420 g/mol. The Morgan fingerprint density at radius 3 is 2.15 bits per heavy atom. The average molecular weight is 453 g/mol. The largest absolute Gasteiger partial charge is 0.507 e. The Labute approximate surface area is 195 Å². The monoisotopic (exact) mass is 452 g/mol. The first-order chi connectivity index (χ1) is 15.9. The van der Waals surface area contributed by atoms with Crippen molar-refractivity contribution in [3.63, 3.8) is 0 Å². The van der Waals surface area contributed by atoms with Crippen molar-refractivity contribution in [2.24, 2.45) is 0 Å². The van der Waals surface area contributed by atoms with Gasteiger partial charge in [-0.05, 0) is 69.4 Å². The van der Waals surface area contributed by atoms with Crippen LogP contribution in [0.4, 0.5) is 0 Å². The molecule has 0 unspecified atom stereocenters. The van der Waals surface area contributed by atoms with E-state index >= 15 is 0 Å². The van der Waals surface area contributed by atoms with E-state index in [-0.39, 0.29) is 11.3 Å². The number of likely N-dealkylation sites (N-methyl/N-ethyl adjacent to an activating group) is 1. The van der Waals surface area contributed by atoms with Crippen molar-refractivity contribution in [1.29, 1.82) is 0 Å². The fraction of sp³-hybridized carbons (Fsp3) is 0.385. The van der Waals surface area contributed by atoms with Gasteiger partial charge in [-0.3, -0.25) is 9.59 Å². The fourth-order valence-electron chi connectivity index (χ4n) is 3.76. The van der Waals surface area contributed by atoms with Gasteiger partial charge in [0.1, 0.15) is 17.3 Å². The van der Waals surface area contributed by atoms with Crippen LogP contribution in [0.3, 0.4) is 0 Å². The number of ketones is 1. The Morgan fingerprint density at radius 2 is 1.58 bits per heavy atom. The van der Waals surface area contributed by atoms with Crippen LogP contribution in [0.1, 0.15) is 37.4 Å². The molecule has 1 amide bonds. The summed E-state index contributed by atoms with van der Waals surface area (Å²) in [5, 5.41) is 11.1. The van der Waals surface area contributed by atoms with E-state index in [4.69, 9.17) is 9.47 Å². The van der Waals surface area contributed by atoms with Gasteiger partial charge in [0.15, 0.2) is 0 Å². The fourth-order valence-corrected chi connectivity index (χ4v) is 3.76. The Balaban J connectivity index is 2.03. The number of aliphatic hydroxyl groups is 1. The minimum absolute atomic E-state index is 0.0881. The molecule has 7 nitrogen and oxygen atoms in total. The number of aliphatic hydroxyl groups excluding tert-OH is 1. The van der Waals surface area contributed by atoms with Gasteiger partial charge in [-0.2, -0.15) is 0 Å². The van der Waals surface area contributed by atoms with Crippen LogP contribution in [0.5, 0.6) is 11.5 Å². The molecule has 0 aliphatic carbocycles. The van der Waals surface area contributed by atoms with Crippen molar-refractivity contribution in [1.82, 2.24) is 9.80 Å². The minimum Gasteiger partial charge on any atom is -0.507 e. The summed E-state index contributed by atoms with van der Waals surface area (Å²) in [5.74, 6) is -0.102. The first kappa shape index (κ1) is 24.3. The minimum atomic E-state index is -0.684. The number of nitrogens with zero attached hydrogens (tertiary/aromatic N) is 2. The zero-order valence-electron chi connectivity index (χ0n) is 19.7. The van der Waals surface area contributed by atoms with Gasteiger partial charge in [0.05, 0.1) is 24.8 Å². The van der Waals surface area contributed by atoms with Gasteiger partial charge >= 0.3 is 0 Å². The van der Waals surface area contributed by atoms with Gasteiger partial charge in [-0.1, -0.05) is 19.1 Å². The number of hydrogen-bond acceptors (Lipinski definition) is 6. The molecule has 1 saturated heterocycles. The number of rotatable bonds is 10. The molecule has 3 rings (SSSR count). The Bertz CT molecular complexity index is 996. The molecule has 1 aliphatic heterocycles. The lowest BCUT2D eigenvalue weighted by Gasteiger charge is -2.26. The highest BCUT2D eigenvalue weighted by Gasteiger charge is 2.45. The van der Waals surface area contributed by atoms with Crippen LogP contribution in [0, 0.1) is 0 Å². The second-order valence-electron chi connectivity index (χ2n) is 8.17. The third-order valence-electron chi connectivity index (χ3n) is 5.44. The predicted octanol–water partition coefficient (Wildman–Crippen LogP) is 3.86. The number of amides is 1. The van der Waals surface area contributed by atoms with Crippen molar-refractivity contribution in [3.8, 4) is 11.5 Å². The third-order valence-corrected chi connectivity index (χ3v) is 5.44. The molecule has 0 radical (unpaired) electrons. The summed E-state index contributed by atoms with van der Waals surface area (Å²) in [6.07, 6.45) is 0.889. The molecule has 1 fully saturated rings. The molecule has 0 spiro atoms. The van der Waals surface area contributed by atoms with Gasteiger partial charge in [0, 0.05) is 18.7 Å². The second kappa shape index (κ2) is 11.0. The molecule has 33 heavy (non-hydrogen) atoms. The Hall–Kier alpha value is -3.32. The predicted molar refractivity (Wildman–Crippen MR) is 127 cm³/mol. The summed E-state index contributed by atoms with van der Waals surface area (Å²) in [4.78, 5) is 29.5. The maximum Gasteiger partial charge on any atom is 0.295 e. The topological polar surface area (TPSA) is 79.3 Å². The molecule has 0 saturated carbocycles. The maximum atomic E-state index is 13.1. The molecule has 1 atom stereocenters. The normalized spacial score (nSPS) is 17.6. The number of carbonyl (C=O) groups excluding carboxylic acids is 2. The van der Waals surface area contributed by atoms with Crippen LogP contribution in [-0.2, 0) is 9.59 Å². The highest BCUT2D eigenvalue weighted by molar-refractivity contribution is 6.46. The maximum absolute atomic E-state index is 13.1. The number of benzene rings is 2.